The largest absolute Gasteiger partial charge is 0.381 e. The van der Waals surface area contributed by atoms with Gasteiger partial charge in [-0.25, -0.2) is 0 Å². The van der Waals surface area contributed by atoms with Crippen LogP contribution in [0.3, 0.4) is 0 Å². The van der Waals surface area contributed by atoms with Crippen molar-refractivity contribution in [3.63, 3.8) is 0 Å². The Balaban J connectivity index is 2.16. The van der Waals surface area contributed by atoms with E-state index in [1.807, 2.05) is 12.1 Å². The Morgan fingerprint density at radius 1 is 1.44 bits per heavy atom. The number of rotatable bonds is 3. The summed E-state index contributed by atoms with van der Waals surface area (Å²) in [6, 6.07) is 8.60. The minimum Gasteiger partial charge on any atom is -0.381 e. The van der Waals surface area contributed by atoms with Crippen molar-refractivity contribution in [3.8, 4) is 6.07 Å². The quantitative estimate of drug-likeness (QED) is 0.836. The average Bonchev–Trinajstić information content (AvgIpc) is 2.18. The third-order valence-electron chi connectivity index (χ3n) is 3.62. The fraction of sp³-hybridized carbons (Fsp3) is 0.500. The van der Waals surface area contributed by atoms with Gasteiger partial charge in [-0.1, -0.05) is 18.6 Å². The molecule has 1 N–H and O–H groups in total. The van der Waals surface area contributed by atoms with E-state index in [1.165, 1.54) is 19.3 Å². The average molecular weight is 214 g/mol. The molecule has 1 aromatic carbocycles. The summed E-state index contributed by atoms with van der Waals surface area (Å²) in [4.78, 5) is 0. The van der Waals surface area contributed by atoms with Gasteiger partial charge in [-0.15, -0.1) is 0 Å². The van der Waals surface area contributed by atoms with Crippen molar-refractivity contribution >= 4 is 5.69 Å². The van der Waals surface area contributed by atoms with Crippen LogP contribution in [0.5, 0.6) is 0 Å². The van der Waals surface area contributed by atoms with Crippen molar-refractivity contribution in [2.45, 2.75) is 39.2 Å². The Morgan fingerprint density at radius 3 is 2.75 bits per heavy atom. The molecular weight excluding hydrogens is 196 g/mol. The predicted octanol–water partition coefficient (Wildman–Crippen LogP) is 3.47. The number of anilines is 1. The Bertz CT molecular complexity index is 413. The van der Waals surface area contributed by atoms with Crippen molar-refractivity contribution < 1.29 is 0 Å². The summed E-state index contributed by atoms with van der Waals surface area (Å²) in [5, 5.41) is 12.6. The zero-order valence-electron chi connectivity index (χ0n) is 9.96. The van der Waals surface area contributed by atoms with Crippen LogP contribution in [0.4, 0.5) is 5.69 Å². The molecule has 2 heteroatoms. The molecule has 0 aromatic heterocycles. The molecule has 0 aliphatic heterocycles. The lowest BCUT2D eigenvalue weighted by Crippen LogP contribution is -2.31. The van der Waals surface area contributed by atoms with Gasteiger partial charge in [0.1, 0.15) is 6.07 Å². The molecule has 1 saturated carbocycles. The Kier molecular flexibility index (Phi) is 3.14. The fourth-order valence-corrected chi connectivity index (χ4v) is 2.24. The number of hydrogen-bond acceptors (Lipinski definition) is 2. The maximum Gasteiger partial charge on any atom is 0.101 e. The molecule has 1 aromatic rings. The van der Waals surface area contributed by atoms with E-state index >= 15 is 0 Å². The normalized spacial score (nSPS) is 17.3. The van der Waals surface area contributed by atoms with Crippen LogP contribution in [-0.4, -0.2) is 6.04 Å². The van der Waals surface area contributed by atoms with Gasteiger partial charge in [0.25, 0.3) is 0 Å². The first-order chi connectivity index (χ1) is 7.72. The standard InChI is InChI=1S/C14H18N2/c1-10-5-3-8-13(9-15)14(10)16-11(2)12-6-4-7-12/h3,5,8,11-12,16H,4,6-7H2,1-2H3. The third-order valence-corrected chi connectivity index (χ3v) is 3.62. The summed E-state index contributed by atoms with van der Waals surface area (Å²) in [7, 11) is 0. The molecule has 1 fully saturated rings. The Morgan fingerprint density at radius 2 is 2.19 bits per heavy atom. The van der Waals surface area contributed by atoms with Crippen LogP contribution in [0, 0.1) is 24.2 Å². The van der Waals surface area contributed by atoms with E-state index in [0.29, 0.717) is 6.04 Å². The van der Waals surface area contributed by atoms with Gasteiger partial charge in [0.15, 0.2) is 0 Å². The number of nitrogens with zero attached hydrogens (tertiary/aromatic N) is 1. The van der Waals surface area contributed by atoms with Crippen molar-refractivity contribution in [3.05, 3.63) is 29.3 Å². The molecule has 1 aliphatic carbocycles. The smallest absolute Gasteiger partial charge is 0.101 e. The second-order valence-electron chi connectivity index (χ2n) is 4.73. The highest BCUT2D eigenvalue weighted by molar-refractivity contribution is 5.62. The molecule has 84 valence electrons. The maximum absolute atomic E-state index is 9.08. The lowest BCUT2D eigenvalue weighted by molar-refractivity contribution is 0.285. The van der Waals surface area contributed by atoms with Crippen molar-refractivity contribution in [1.82, 2.24) is 0 Å². The van der Waals surface area contributed by atoms with Gasteiger partial charge in [0.2, 0.25) is 0 Å². The first-order valence-corrected chi connectivity index (χ1v) is 5.98. The Hall–Kier alpha value is -1.49. The van der Waals surface area contributed by atoms with Crippen LogP contribution in [0.2, 0.25) is 0 Å². The van der Waals surface area contributed by atoms with Gasteiger partial charge in [-0.2, -0.15) is 5.26 Å². The second-order valence-corrected chi connectivity index (χ2v) is 4.73. The van der Waals surface area contributed by atoms with Gasteiger partial charge in [0, 0.05) is 6.04 Å². The second kappa shape index (κ2) is 4.57. The molecule has 0 saturated heterocycles. The first-order valence-electron chi connectivity index (χ1n) is 5.98. The van der Waals surface area contributed by atoms with Crippen LogP contribution >= 0.6 is 0 Å². The zero-order chi connectivity index (χ0) is 11.5. The van der Waals surface area contributed by atoms with E-state index in [0.717, 1.165) is 22.7 Å². The summed E-state index contributed by atoms with van der Waals surface area (Å²) in [6.07, 6.45) is 4.00. The number of nitriles is 1. The topological polar surface area (TPSA) is 35.8 Å². The van der Waals surface area contributed by atoms with Gasteiger partial charge in [-0.3, -0.25) is 0 Å². The van der Waals surface area contributed by atoms with E-state index in [1.54, 1.807) is 0 Å². The monoisotopic (exact) mass is 214 g/mol. The maximum atomic E-state index is 9.08. The van der Waals surface area contributed by atoms with Gasteiger partial charge in [0.05, 0.1) is 11.3 Å². The molecule has 0 bridgehead atoms. The molecule has 0 spiro atoms. The SMILES string of the molecule is Cc1cccc(C#N)c1NC(C)C1CCC1. The number of aryl methyl sites for hydroxylation is 1. The minimum absolute atomic E-state index is 0.474. The van der Waals surface area contributed by atoms with E-state index in [4.69, 9.17) is 5.26 Å². The van der Waals surface area contributed by atoms with Gasteiger partial charge in [-0.05, 0) is 44.2 Å². The summed E-state index contributed by atoms with van der Waals surface area (Å²) < 4.78 is 0. The van der Waals surface area contributed by atoms with Gasteiger partial charge >= 0.3 is 0 Å². The highest BCUT2D eigenvalue weighted by atomic mass is 14.9. The van der Waals surface area contributed by atoms with Crippen LogP contribution in [-0.2, 0) is 0 Å². The van der Waals surface area contributed by atoms with Crippen LogP contribution in [0.15, 0.2) is 18.2 Å². The van der Waals surface area contributed by atoms with E-state index in [-0.39, 0.29) is 0 Å². The summed E-state index contributed by atoms with van der Waals surface area (Å²) >= 11 is 0. The molecule has 0 heterocycles. The van der Waals surface area contributed by atoms with Crippen LogP contribution in [0.1, 0.15) is 37.3 Å². The lowest BCUT2D eigenvalue weighted by Gasteiger charge is -2.33. The molecular formula is C14H18N2. The van der Waals surface area contributed by atoms with Crippen LogP contribution < -0.4 is 5.32 Å². The summed E-state index contributed by atoms with van der Waals surface area (Å²) in [5.41, 5.74) is 2.93. The molecule has 1 aliphatic rings. The van der Waals surface area contributed by atoms with Crippen molar-refractivity contribution in [1.29, 1.82) is 5.26 Å². The number of hydrogen-bond donors (Lipinski definition) is 1. The summed E-state index contributed by atoms with van der Waals surface area (Å²) in [5.74, 6) is 0.783. The molecule has 1 unspecified atom stereocenters. The van der Waals surface area contributed by atoms with Crippen molar-refractivity contribution in [2.75, 3.05) is 5.32 Å². The number of benzene rings is 1. The third kappa shape index (κ3) is 2.04. The number of nitrogens with one attached hydrogen (secondary N) is 1. The van der Waals surface area contributed by atoms with E-state index in [9.17, 15) is 0 Å². The number of para-hydroxylation sites is 1. The fourth-order valence-electron chi connectivity index (χ4n) is 2.24. The highest BCUT2D eigenvalue weighted by Gasteiger charge is 2.24. The van der Waals surface area contributed by atoms with Gasteiger partial charge < -0.3 is 5.32 Å². The first kappa shape index (κ1) is 11.0. The molecule has 0 radical (unpaired) electrons. The van der Waals surface area contributed by atoms with Crippen LogP contribution in [0.25, 0.3) is 0 Å². The van der Waals surface area contributed by atoms with E-state index in [2.05, 4.69) is 31.3 Å². The Labute approximate surface area is 97.3 Å². The molecule has 2 nitrogen and oxygen atoms in total. The highest BCUT2D eigenvalue weighted by Crippen LogP contribution is 2.32. The van der Waals surface area contributed by atoms with E-state index < -0.39 is 0 Å². The summed E-state index contributed by atoms with van der Waals surface area (Å²) in [6.45, 7) is 4.27. The minimum atomic E-state index is 0.474. The molecule has 2 rings (SSSR count). The van der Waals surface area contributed by atoms with Crippen molar-refractivity contribution in [2.24, 2.45) is 5.92 Å². The molecule has 1 atom stereocenters. The predicted molar refractivity (Wildman–Crippen MR) is 66.3 cm³/mol. The lowest BCUT2D eigenvalue weighted by atomic mass is 9.80. The molecule has 16 heavy (non-hydrogen) atoms. The molecule has 0 amide bonds. The zero-order valence-corrected chi connectivity index (χ0v) is 9.96.